The van der Waals surface area contributed by atoms with Gasteiger partial charge in [-0.15, -0.1) is 0 Å². The van der Waals surface area contributed by atoms with Crippen LogP contribution in [0.5, 0.6) is 0 Å². The summed E-state index contributed by atoms with van der Waals surface area (Å²) in [6.07, 6.45) is 7.07. The van der Waals surface area contributed by atoms with E-state index in [0.717, 1.165) is 16.3 Å². The van der Waals surface area contributed by atoms with E-state index < -0.39 is 0 Å². The van der Waals surface area contributed by atoms with Gasteiger partial charge in [-0.25, -0.2) is 20.0 Å². The Bertz CT molecular complexity index is 416. The van der Waals surface area contributed by atoms with Crippen LogP contribution in [0.1, 0.15) is 19.4 Å². The molecule has 0 saturated heterocycles. The van der Waals surface area contributed by atoms with Gasteiger partial charge in [-0.3, -0.25) is 0 Å². The van der Waals surface area contributed by atoms with Gasteiger partial charge in [0.05, 0.1) is 5.56 Å². The molecule has 0 amide bonds. The maximum absolute atomic E-state index is 4.21. The predicted molar refractivity (Wildman–Crippen MR) is 69.3 cm³/mol. The highest BCUT2D eigenvalue weighted by Gasteiger charge is 2.01. The second-order valence-electron chi connectivity index (χ2n) is 3.28. The zero-order valence-electron chi connectivity index (χ0n) is 9.64. The van der Waals surface area contributed by atoms with Gasteiger partial charge in [0, 0.05) is 18.6 Å². The Balaban J connectivity index is 3.00. The highest BCUT2D eigenvalue weighted by Crippen LogP contribution is 2.08. The van der Waals surface area contributed by atoms with E-state index in [1.165, 1.54) is 11.8 Å². The second-order valence-corrected chi connectivity index (χ2v) is 4.05. The fourth-order valence-corrected chi connectivity index (χ4v) is 1.25. The summed E-state index contributed by atoms with van der Waals surface area (Å²) in [6.45, 7) is 7.43. The van der Waals surface area contributed by atoms with Crippen LogP contribution in [0.2, 0.25) is 0 Å². The molecule has 0 aliphatic heterocycles. The second kappa shape index (κ2) is 6.17. The van der Waals surface area contributed by atoms with Crippen molar-refractivity contribution in [2.75, 3.05) is 6.26 Å². The van der Waals surface area contributed by atoms with Crippen LogP contribution in [-0.4, -0.2) is 28.8 Å². The average molecular weight is 234 g/mol. The average Bonchev–Trinajstić information content (AvgIpc) is 2.30. The molecule has 0 spiro atoms. The third kappa shape index (κ3) is 3.58. The Morgan fingerprint density at radius 2 is 2.00 bits per heavy atom. The maximum Gasteiger partial charge on any atom is 0.187 e. The molecule has 0 aromatic carbocycles. The summed E-state index contributed by atoms with van der Waals surface area (Å²) in [5.74, 6) is 0.536. The van der Waals surface area contributed by atoms with Crippen LogP contribution in [0.25, 0.3) is 0 Å². The smallest absolute Gasteiger partial charge is 0.187 e. The molecule has 1 rings (SSSR count). The molecule has 1 heterocycles. The van der Waals surface area contributed by atoms with Crippen molar-refractivity contribution in [3.63, 3.8) is 0 Å². The molecule has 1 aromatic rings. The van der Waals surface area contributed by atoms with E-state index in [1.54, 1.807) is 18.6 Å². The molecule has 0 radical (unpaired) electrons. The Morgan fingerprint density at radius 1 is 1.38 bits per heavy atom. The van der Waals surface area contributed by atoms with E-state index >= 15 is 0 Å². The van der Waals surface area contributed by atoms with E-state index in [9.17, 15) is 0 Å². The fourth-order valence-electron chi connectivity index (χ4n) is 0.934. The van der Waals surface area contributed by atoms with Crippen molar-refractivity contribution in [1.29, 1.82) is 0 Å². The third-order valence-corrected chi connectivity index (χ3v) is 2.24. The molecular weight excluding hydrogens is 220 g/mol. The molecule has 0 bridgehead atoms. The van der Waals surface area contributed by atoms with Gasteiger partial charge >= 0.3 is 0 Å². The van der Waals surface area contributed by atoms with Gasteiger partial charge in [0.1, 0.15) is 0 Å². The molecule has 5 heteroatoms. The number of thioether (sulfide) groups is 1. The first-order chi connectivity index (χ1) is 7.67. The van der Waals surface area contributed by atoms with Crippen LogP contribution in [0.15, 0.2) is 39.3 Å². The number of hydrogen-bond acceptors (Lipinski definition) is 4. The molecule has 0 aliphatic carbocycles. The number of allylic oxidation sites excluding steroid dienone is 1. The number of aromatic nitrogens is 2. The van der Waals surface area contributed by atoms with Crippen LogP contribution >= 0.6 is 11.8 Å². The van der Waals surface area contributed by atoms with Crippen molar-refractivity contribution in [2.45, 2.75) is 19.0 Å². The van der Waals surface area contributed by atoms with Gasteiger partial charge < -0.3 is 0 Å². The lowest BCUT2D eigenvalue weighted by atomic mass is 10.3. The Morgan fingerprint density at radius 3 is 2.44 bits per heavy atom. The highest BCUT2D eigenvalue weighted by molar-refractivity contribution is 7.98. The first-order valence-corrected chi connectivity index (χ1v) is 5.94. The standard InChI is InChI=1S/C11H14N4S/c1-8(2)5-13-10(12-3)9-6-14-11(16-4)15-7-9/h5-7H,3H2,1-2,4H3/b13-10-. The minimum atomic E-state index is 0.536. The molecule has 4 nitrogen and oxygen atoms in total. The molecule has 0 unspecified atom stereocenters. The quantitative estimate of drug-likeness (QED) is 0.349. The van der Waals surface area contributed by atoms with Crippen LogP contribution in [-0.2, 0) is 0 Å². The van der Waals surface area contributed by atoms with Gasteiger partial charge in [-0.1, -0.05) is 17.3 Å². The summed E-state index contributed by atoms with van der Waals surface area (Å²) < 4.78 is 0. The summed E-state index contributed by atoms with van der Waals surface area (Å²) in [6, 6.07) is 0. The van der Waals surface area contributed by atoms with E-state index in [1.807, 2.05) is 20.1 Å². The van der Waals surface area contributed by atoms with Crippen LogP contribution in [0, 0.1) is 0 Å². The number of amidine groups is 1. The summed E-state index contributed by atoms with van der Waals surface area (Å²) >= 11 is 1.49. The molecule has 0 atom stereocenters. The lowest BCUT2D eigenvalue weighted by molar-refractivity contribution is 0.965. The lowest BCUT2D eigenvalue weighted by Crippen LogP contribution is -1.99. The van der Waals surface area contributed by atoms with Crippen molar-refractivity contribution in [1.82, 2.24) is 9.97 Å². The lowest BCUT2D eigenvalue weighted by Gasteiger charge is -1.99. The summed E-state index contributed by atoms with van der Waals surface area (Å²) in [5, 5.41) is 0.731. The molecule has 84 valence electrons. The van der Waals surface area contributed by atoms with Gasteiger partial charge in [0.25, 0.3) is 0 Å². The van der Waals surface area contributed by atoms with Crippen LogP contribution < -0.4 is 0 Å². The highest BCUT2D eigenvalue weighted by atomic mass is 32.2. The van der Waals surface area contributed by atoms with Gasteiger partial charge in [-0.2, -0.15) is 0 Å². The summed E-state index contributed by atoms with van der Waals surface area (Å²) in [7, 11) is 0. The van der Waals surface area contributed by atoms with E-state index in [4.69, 9.17) is 0 Å². The third-order valence-electron chi connectivity index (χ3n) is 1.66. The molecule has 0 fully saturated rings. The Labute approximate surface area is 99.6 Å². The molecule has 0 N–H and O–H groups in total. The van der Waals surface area contributed by atoms with Gasteiger partial charge in [-0.05, 0) is 26.8 Å². The minimum absolute atomic E-state index is 0.536. The number of aliphatic imine (C=N–C) groups is 2. The monoisotopic (exact) mass is 234 g/mol. The van der Waals surface area contributed by atoms with Gasteiger partial charge in [0.15, 0.2) is 11.0 Å². The normalized spacial score (nSPS) is 11.1. The maximum atomic E-state index is 4.21. The summed E-state index contributed by atoms with van der Waals surface area (Å²) in [5.41, 5.74) is 1.87. The molecule has 0 saturated carbocycles. The van der Waals surface area contributed by atoms with Gasteiger partial charge in [0.2, 0.25) is 0 Å². The topological polar surface area (TPSA) is 50.5 Å². The fraction of sp³-hybridized carbons (Fsp3) is 0.273. The molecule has 0 aliphatic rings. The van der Waals surface area contributed by atoms with Crippen molar-refractivity contribution < 1.29 is 0 Å². The van der Waals surface area contributed by atoms with Crippen LogP contribution in [0.3, 0.4) is 0 Å². The molecular formula is C11H14N4S. The first-order valence-electron chi connectivity index (χ1n) is 4.71. The largest absolute Gasteiger partial charge is 0.244 e. The zero-order chi connectivity index (χ0) is 12.0. The molecule has 16 heavy (non-hydrogen) atoms. The van der Waals surface area contributed by atoms with Crippen molar-refractivity contribution in [3.05, 3.63) is 29.7 Å². The van der Waals surface area contributed by atoms with Crippen molar-refractivity contribution in [3.8, 4) is 0 Å². The predicted octanol–water partition coefficient (Wildman–Crippen LogP) is 2.57. The van der Waals surface area contributed by atoms with E-state index in [2.05, 4.69) is 26.7 Å². The zero-order valence-corrected chi connectivity index (χ0v) is 10.5. The van der Waals surface area contributed by atoms with Crippen LogP contribution in [0.4, 0.5) is 0 Å². The minimum Gasteiger partial charge on any atom is -0.244 e. The van der Waals surface area contributed by atoms with E-state index in [0.29, 0.717) is 5.84 Å². The number of nitrogens with zero attached hydrogens (tertiary/aromatic N) is 4. The van der Waals surface area contributed by atoms with Crippen molar-refractivity contribution in [2.24, 2.45) is 9.98 Å². The number of hydrogen-bond donors (Lipinski definition) is 0. The number of rotatable bonds is 3. The van der Waals surface area contributed by atoms with E-state index in [-0.39, 0.29) is 0 Å². The van der Waals surface area contributed by atoms with Crippen molar-refractivity contribution >= 4 is 24.3 Å². The summed E-state index contributed by atoms with van der Waals surface area (Å²) in [4.78, 5) is 16.4. The Hall–Kier alpha value is -1.49. The first kappa shape index (κ1) is 12.6. The molecule has 1 aromatic heterocycles. The SMILES string of the molecule is C=N/C(=N\C=C(C)C)c1cnc(SC)nc1. The Kier molecular flexibility index (Phi) is 4.85.